The maximum absolute atomic E-state index is 11.9. The molecule has 3 fully saturated rings. The van der Waals surface area contributed by atoms with Crippen LogP contribution >= 0.6 is 0 Å². The highest BCUT2D eigenvalue weighted by atomic mass is 32.2. The van der Waals surface area contributed by atoms with Gasteiger partial charge in [-0.1, -0.05) is 0 Å². The van der Waals surface area contributed by atoms with Crippen molar-refractivity contribution in [2.24, 2.45) is 5.92 Å². The molecule has 0 aromatic heterocycles. The van der Waals surface area contributed by atoms with Gasteiger partial charge < -0.3 is 43.2 Å². The lowest BCUT2D eigenvalue weighted by Crippen LogP contribution is -2.67. The summed E-state index contributed by atoms with van der Waals surface area (Å²) in [5, 5.41) is 2.78. The molecule has 3 rings (SSSR count). The van der Waals surface area contributed by atoms with Crippen LogP contribution < -0.4 is 5.32 Å². The van der Waals surface area contributed by atoms with E-state index >= 15 is 0 Å². The predicted octanol–water partition coefficient (Wildman–Crippen LogP) is -0.663. The van der Waals surface area contributed by atoms with Crippen molar-refractivity contribution in [2.75, 3.05) is 65.7 Å². The summed E-state index contributed by atoms with van der Waals surface area (Å²) in [6.07, 6.45) is -2.30. The fourth-order valence-electron chi connectivity index (χ4n) is 4.63. The molecule has 1 unspecified atom stereocenters. The third-order valence-electron chi connectivity index (χ3n) is 6.03. The van der Waals surface area contributed by atoms with Gasteiger partial charge in [-0.05, 0) is 13.8 Å². The number of ether oxygens (including phenoxy) is 8. The van der Waals surface area contributed by atoms with Crippen LogP contribution in [0.1, 0.15) is 20.8 Å². The molecule has 3 heterocycles. The first kappa shape index (κ1) is 28.6. The van der Waals surface area contributed by atoms with Gasteiger partial charge in [0.1, 0.15) is 23.9 Å². The Hall–Kier alpha value is -0.940. The number of nitrogens with one attached hydrogen (secondary N) is 1. The number of methoxy groups -OCH3 is 1. The van der Waals surface area contributed by atoms with Gasteiger partial charge in [-0.15, -0.1) is 0 Å². The van der Waals surface area contributed by atoms with E-state index in [-0.39, 0.29) is 32.3 Å². The zero-order chi connectivity index (χ0) is 25.7. The SMILES string of the molecule is COCCOCCOCCOCC(CS(=O)(=O)O)[C@@]12CO[C@@H](O1)[C@H](NC(C)=O)[C@H]1OC(C)(C)O[C@H]12. The number of carbonyl (C=O) groups excluding carboxylic acids is 1. The number of carbonyl (C=O) groups is 1. The van der Waals surface area contributed by atoms with Gasteiger partial charge in [0.25, 0.3) is 10.1 Å². The van der Waals surface area contributed by atoms with Gasteiger partial charge in [-0.3, -0.25) is 9.35 Å². The molecule has 0 aliphatic carbocycles. The van der Waals surface area contributed by atoms with Crippen molar-refractivity contribution >= 4 is 16.0 Å². The van der Waals surface area contributed by atoms with Crippen molar-refractivity contribution < 1.29 is 55.7 Å². The largest absolute Gasteiger partial charge is 0.382 e. The molecule has 3 aliphatic rings. The van der Waals surface area contributed by atoms with E-state index in [9.17, 15) is 17.8 Å². The van der Waals surface area contributed by atoms with Crippen molar-refractivity contribution in [3.63, 3.8) is 0 Å². The lowest BCUT2D eigenvalue weighted by atomic mass is 9.79. The van der Waals surface area contributed by atoms with Gasteiger partial charge >= 0.3 is 0 Å². The van der Waals surface area contributed by atoms with Crippen LogP contribution in [0.4, 0.5) is 0 Å². The smallest absolute Gasteiger partial charge is 0.265 e. The predicted molar refractivity (Wildman–Crippen MR) is 119 cm³/mol. The molecule has 0 radical (unpaired) electrons. The molecular formula is C21H37NO12S. The summed E-state index contributed by atoms with van der Waals surface area (Å²) < 4.78 is 79.0. The second-order valence-corrected chi connectivity index (χ2v) is 10.7. The molecular weight excluding hydrogens is 490 g/mol. The van der Waals surface area contributed by atoms with Crippen LogP contribution in [0.25, 0.3) is 0 Å². The van der Waals surface area contributed by atoms with Crippen molar-refractivity contribution in [1.29, 1.82) is 0 Å². The summed E-state index contributed by atoms with van der Waals surface area (Å²) in [6.45, 7) is 6.96. The number of hydrogen-bond acceptors (Lipinski definition) is 11. The maximum atomic E-state index is 11.9. The lowest BCUT2D eigenvalue weighted by molar-refractivity contribution is -0.218. The highest BCUT2D eigenvalue weighted by molar-refractivity contribution is 7.85. The van der Waals surface area contributed by atoms with E-state index in [1.54, 1.807) is 21.0 Å². The maximum Gasteiger partial charge on any atom is 0.265 e. The van der Waals surface area contributed by atoms with E-state index in [0.29, 0.717) is 26.4 Å². The van der Waals surface area contributed by atoms with Gasteiger partial charge in [-0.25, -0.2) is 0 Å². The minimum atomic E-state index is -4.39. The van der Waals surface area contributed by atoms with Crippen LogP contribution in [0.2, 0.25) is 0 Å². The van der Waals surface area contributed by atoms with Crippen LogP contribution in [0, 0.1) is 5.92 Å². The van der Waals surface area contributed by atoms with E-state index in [0.717, 1.165) is 0 Å². The van der Waals surface area contributed by atoms with Gasteiger partial charge in [-0.2, -0.15) is 8.42 Å². The highest BCUT2D eigenvalue weighted by Gasteiger charge is 2.68. The Kier molecular flexibility index (Phi) is 9.87. The van der Waals surface area contributed by atoms with Gasteiger partial charge in [0.2, 0.25) is 5.91 Å². The van der Waals surface area contributed by atoms with E-state index in [4.69, 9.17) is 37.9 Å². The Labute approximate surface area is 205 Å². The molecule has 13 nitrogen and oxygen atoms in total. The molecule has 0 aromatic rings. The Morgan fingerprint density at radius 2 is 1.69 bits per heavy atom. The van der Waals surface area contributed by atoms with Crippen molar-refractivity contribution in [1.82, 2.24) is 5.32 Å². The first-order valence-electron chi connectivity index (χ1n) is 11.6. The average molecular weight is 528 g/mol. The summed E-state index contributed by atoms with van der Waals surface area (Å²) in [5.74, 6) is -2.77. The molecule has 2 bridgehead atoms. The molecule has 0 spiro atoms. The first-order valence-corrected chi connectivity index (χ1v) is 13.2. The van der Waals surface area contributed by atoms with Crippen molar-refractivity contribution in [2.45, 2.75) is 56.7 Å². The number of rotatable bonds is 15. The van der Waals surface area contributed by atoms with Crippen LogP contribution in [-0.4, -0.2) is 121 Å². The van der Waals surface area contributed by atoms with Gasteiger partial charge in [0.15, 0.2) is 12.1 Å². The molecule has 6 atom stereocenters. The molecule has 1 amide bonds. The minimum Gasteiger partial charge on any atom is -0.382 e. The quantitative estimate of drug-likeness (QED) is 0.205. The Bertz CT molecular complexity index is 808. The molecule has 35 heavy (non-hydrogen) atoms. The fourth-order valence-corrected chi connectivity index (χ4v) is 5.52. The second-order valence-electron chi connectivity index (χ2n) is 9.24. The fraction of sp³-hybridized carbons (Fsp3) is 0.952. The minimum absolute atomic E-state index is 0.0206. The van der Waals surface area contributed by atoms with E-state index in [2.05, 4.69) is 5.32 Å². The Morgan fingerprint density at radius 3 is 2.29 bits per heavy atom. The molecule has 204 valence electrons. The second kappa shape index (κ2) is 12.1. The van der Waals surface area contributed by atoms with E-state index < -0.39 is 57.7 Å². The van der Waals surface area contributed by atoms with Crippen molar-refractivity contribution in [3.05, 3.63) is 0 Å². The van der Waals surface area contributed by atoms with Crippen LogP contribution in [-0.2, 0) is 52.8 Å². The number of hydrogen-bond donors (Lipinski definition) is 2. The molecule has 3 aliphatic heterocycles. The third kappa shape index (κ3) is 7.53. The molecule has 14 heteroatoms. The third-order valence-corrected chi connectivity index (χ3v) is 6.86. The zero-order valence-corrected chi connectivity index (χ0v) is 21.4. The topological polar surface area (TPSA) is 157 Å². The summed E-state index contributed by atoms with van der Waals surface area (Å²) >= 11 is 0. The van der Waals surface area contributed by atoms with Crippen LogP contribution in [0.5, 0.6) is 0 Å². The average Bonchev–Trinajstić information content (AvgIpc) is 3.31. The molecule has 0 saturated carbocycles. The van der Waals surface area contributed by atoms with E-state index in [1.165, 1.54) is 6.92 Å². The summed E-state index contributed by atoms with van der Waals surface area (Å²) in [6, 6.07) is -0.651. The summed E-state index contributed by atoms with van der Waals surface area (Å²) in [5.41, 5.74) is -1.27. The standard InChI is InChI=1S/C21H37NO12S/c1-14(23)22-16-17-18(33-20(2,3)32-17)21(13-31-19(16)34-21)15(12-35(24,25)26)11-30-10-9-29-8-7-28-6-5-27-4/h15-19H,5-13H2,1-4H3,(H,22,23)(H,24,25,26)/t15?,16-,17-,18-,19+,21-/m1/s1. The zero-order valence-electron chi connectivity index (χ0n) is 20.6. The lowest BCUT2D eigenvalue weighted by Gasteiger charge is -2.45. The molecule has 0 aromatic carbocycles. The number of amides is 1. The molecule has 2 N–H and O–H groups in total. The molecule has 3 saturated heterocycles. The Morgan fingerprint density at radius 1 is 1.06 bits per heavy atom. The summed E-state index contributed by atoms with van der Waals surface area (Å²) in [7, 11) is -2.80. The first-order chi connectivity index (χ1) is 16.5. The van der Waals surface area contributed by atoms with Crippen molar-refractivity contribution in [3.8, 4) is 0 Å². The Balaban J connectivity index is 1.64. The normalized spacial score (nSPS) is 32.4. The van der Waals surface area contributed by atoms with E-state index in [1.807, 2.05) is 0 Å². The monoisotopic (exact) mass is 527 g/mol. The van der Waals surface area contributed by atoms with Gasteiger partial charge in [0.05, 0.1) is 58.6 Å². The number of fused-ring (bicyclic) bond motifs is 4. The van der Waals surface area contributed by atoms with Crippen LogP contribution in [0.15, 0.2) is 0 Å². The van der Waals surface area contributed by atoms with Gasteiger partial charge in [0, 0.05) is 20.0 Å². The highest BCUT2D eigenvalue weighted by Crippen LogP contribution is 2.49. The summed E-state index contributed by atoms with van der Waals surface area (Å²) in [4.78, 5) is 11.8. The van der Waals surface area contributed by atoms with Crippen LogP contribution in [0.3, 0.4) is 0 Å².